The van der Waals surface area contributed by atoms with Crippen molar-refractivity contribution < 1.29 is 13.9 Å². The minimum atomic E-state index is -2.36. The molecule has 1 unspecified atom stereocenters. The number of nitrogens with two attached hydrogens (primary N) is 1. The number of hydrogen-bond donors (Lipinski definition) is 2. The van der Waals surface area contributed by atoms with Gasteiger partial charge in [0.25, 0.3) is 0 Å². The maximum atomic E-state index is 9.59. The van der Waals surface area contributed by atoms with Gasteiger partial charge in [-0.15, -0.1) is 0 Å². The molecule has 3 N–H and O–H groups in total. The van der Waals surface area contributed by atoms with Crippen molar-refractivity contribution in [2.24, 2.45) is 5.14 Å². The average molecular weight is 230 g/mol. The fourth-order valence-corrected chi connectivity index (χ4v) is 1.22. The molecule has 0 aromatic heterocycles. The van der Waals surface area contributed by atoms with Gasteiger partial charge in [0.05, 0.1) is 0 Å². The Labute approximate surface area is 92.5 Å². The second-order valence-corrected chi connectivity index (χ2v) is 3.41. The van der Waals surface area contributed by atoms with Gasteiger partial charge in [-0.25, -0.2) is 0 Å². The zero-order chi connectivity index (χ0) is 11.8. The van der Waals surface area contributed by atoms with E-state index in [0.29, 0.717) is 5.75 Å². The van der Waals surface area contributed by atoms with Crippen LogP contribution in [-0.2, 0) is 24.1 Å². The van der Waals surface area contributed by atoms with Crippen LogP contribution in [0.3, 0.4) is 0 Å². The summed E-state index contributed by atoms with van der Waals surface area (Å²) in [6.07, 6.45) is 1.80. The summed E-state index contributed by atoms with van der Waals surface area (Å²) in [5.41, 5.74) is 2.09. The summed E-state index contributed by atoms with van der Waals surface area (Å²) in [7, 11) is 0. The maximum Gasteiger partial charge on any atom is 0.121 e. The lowest BCUT2D eigenvalue weighted by Gasteiger charge is -2.05. The van der Waals surface area contributed by atoms with E-state index in [2.05, 4.69) is 19.0 Å². The largest absolute Gasteiger partial charge is 0.760 e. The summed E-state index contributed by atoms with van der Waals surface area (Å²) in [6, 6.07) is 5.93. The number of hydrogen-bond acceptors (Lipinski definition) is 3. The first-order chi connectivity index (χ1) is 7.02. The molecule has 0 spiro atoms. The summed E-state index contributed by atoms with van der Waals surface area (Å²) in [6.45, 7) is 4.10. The Morgan fingerprint density at radius 3 is 1.93 bits per heavy atom. The normalized spacial score (nSPS) is 11.5. The van der Waals surface area contributed by atoms with Crippen LogP contribution in [0.5, 0.6) is 5.75 Å². The van der Waals surface area contributed by atoms with Gasteiger partial charge < -0.3 is 9.66 Å². The van der Waals surface area contributed by atoms with E-state index in [0.717, 1.165) is 24.0 Å². The van der Waals surface area contributed by atoms with Crippen molar-refractivity contribution in [3.8, 4) is 5.75 Å². The van der Waals surface area contributed by atoms with Crippen molar-refractivity contribution in [2.45, 2.75) is 26.7 Å². The van der Waals surface area contributed by atoms with Gasteiger partial charge in [-0.1, -0.05) is 32.0 Å². The topological polar surface area (TPSA) is 86.4 Å². The van der Waals surface area contributed by atoms with Crippen LogP contribution in [0.25, 0.3) is 0 Å². The number of para-hydroxylation sites is 1. The van der Waals surface area contributed by atoms with Gasteiger partial charge in [0, 0.05) is 11.3 Å². The van der Waals surface area contributed by atoms with Crippen LogP contribution >= 0.6 is 0 Å². The Morgan fingerprint density at radius 1 is 1.33 bits per heavy atom. The van der Waals surface area contributed by atoms with Crippen molar-refractivity contribution in [3.63, 3.8) is 0 Å². The molecular formula is C10H16NO3S-. The molecule has 0 amide bonds. The zero-order valence-electron chi connectivity index (χ0n) is 8.90. The zero-order valence-corrected chi connectivity index (χ0v) is 9.71. The fraction of sp³-hybridized carbons (Fsp3) is 0.400. The van der Waals surface area contributed by atoms with Crippen molar-refractivity contribution in [1.29, 1.82) is 0 Å². The third-order valence-electron chi connectivity index (χ3n) is 1.96. The Bertz CT molecular complexity index is 302. The third-order valence-corrected chi connectivity index (χ3v) is 1.96. The van der Waals surface area contributed by atoms with E-state index in [9.17, 15) is 5.11 Å². The van der Waals surface area contributed by atoms with Gasteiger partial charge >= 0.3 is 0 Å². The lowest BCUT2D eigenvalue weighted by atomic mass is 10.1. The predicted molar refractivity (Wildman–Crippen MR) is 60.0 cm³/mol. The first-order valence-electron chi connectivity index (χ1n) is 4.66. The van der Waals surface area contributed by atoms with Gasteiger partial charge in [0.2, 0.25) is 0 Å². The third kappa shape index (κ3) is 5.51. The van der Waals surface area contributed by atoms with E-state index in [1.54, 1.807) is 0 Å². The molecule has 0 saturated heterocycles. The summed E-state index contributed by atoms with van der Waals surface area (Å²) in [5.74, 6) is 0.484. The molecule has 0 radical (unpaired) electrons. The summed E-state index contributed by atoms with van der Waals surface area (Å²) >= 11 is -2.36. The lowest BCUT2D eigenvalue weighted by Crippen LogP contribution is -1.97. The summed E-state index contributed by atoms with van der Waals surface area (Å²) in [5, 5.41) is 13.6. The molecule has 0 bridgehead atoms. The Kier molecular flexibility index (Phi) is 6.94. The highest BCUT2D eigenvalue weighted by Crippen LogP contribution is 2.22. The van der Waals surface area contributed by atoms with Crippen LogP contribution in [0.2, 0.25) is 0 Å². The number of phenolic OH excluding ortho intramolecular Hbond substituents is 1. The van der Waals surface area contributed by atoms with Gasteiger partial charge in [-0.2, -0.15) is 0 Å². The van der Waals surface area contributed by atoms with E-state index in [1.165, 1.54) is 0 Å². The fourth-order valence-electron chi connectivity index (χ4n) is 1.22. The lowest BCUT2D eigenvalue weighted by molar-refractivity contribution is 0.462. The van der Waals surface area contributed by atoms with Crippen molar-refractivity contribution in [1.82, 2.24) is 0 Å². The van der Waals surface area contributed by atoms with Gasteiger partial charge in [0.15, 0.2) is 0 Å². The van der Waals surface area contributed by atoms with Crippen LogP contribution in [0.1, 0.15) is 25.0 Å². The molecule has 86 valence electrons. The molecule has 1 aromatic rings. The van der Waals surface area contributed by atoms with E-state index in [1.807, 2.05) is 18.2 Å². The molecule has 0 aliphatic carbocycles. The Morgan fingerprint density at radius 2 is 1.67 bits per heavy atom. The minimum absolute atomic E-state index is 0.484. The Balaban J connectivity index is 0.000000423. The second kappa shape index (κ2) is 7.39. The van der Waals surface area contributed by atoms with Crippen LogP contribution in [-0.4, -0.2) is 13.9 Å². The molecule has 4 nitrogen and oxygen atoms in total. The molecule has 0 fully saturated rings. The van der Waals surface area contributed by atoms with E-state index >= 15 is 0 Å². The average Bonchev–Trinajstić information content (AvgIpc) is 2.17. The smallest absolute Gasteiger partial charge is 0.121 e. The van der Waals surface area contributed by atoms with Crippen LogP contribution in [0, 0.1) is 0 Å². The van der Waals surface area contributed by atoms with Crippen molar-refractivity contribution >= 4 is 11.3 Å². The molecule has 0 heterocycles. The van der Waals surface area contributed by atoms with E-state index in [4.69, 9.17) is 8.76 Å². The molecule has 1 aromatic carbocycles. The standard InChI is InChI=1S/C10H14O.H3NO2S/c1-3-8-6-5-7-9(4-2)10(8)11;1-4(2)3/h5-7,11H,3-4H2,1-2H3;1H2,(H,2,3)/p-1. The molecule has 5 heteroatoms. The molecular weight excluding hydrogens is 214 g/mol. The molecule has 1 rings (SSSR count). The number of phenols is 1. The highest BCUT2D eigenvalue weighted by atomic mass is 32.2. The van der Waals surface area contributed by atoms with Gasteiger partial charge in [0.1, 0.15) is 5.75 Å². The highest BCUT2D eigenvalue weighted by Gasteiger charge is 2.01. The molecule has 15 heavy (non-hydrogen) atoms. The number of aryl methyl sites for hydroxylation is 2. The highest BCUT2D eigenvalue weighted by molar-refractivity contribution is 7.76. The number of rotatable bonds is 2. The number of benzene rings is 1. The first kappa shape index (κ1) is 14.1. The number of aromatic hydroxyl groups is 1. The van der Waals surface area contributed by atoms with Crippen LogP contribution in [0.15, 0.2) is 18.2 Å². The second-order valence-electron chi connectivity index (χ2n) is 2.89. The Hall–Kier alpha value is -0.910. The van der Waals surface area contributed by atoms with Gasteiger partial charge in [-0.3, -0.25) is 9.35 Å². The van der Waals surface area contributed by atoms with Crippen molar-refractivity contribution in [2.75, 3.05) is 0 Å². The SMILES string of the molecule is CCc1cccc(CC)c1O.NS(=O)[O-]. The summed E-state index contributed by atoms with van der Waals surface area (Å²) < 4.78 is 17.6. The molecule has 0 saturated carbocycles. The van der Waals surface area contributed by atoms with Crippen molar-refractivity contribution in [3.05, 3.63) is 29.3 Å². The predicted octanol–water partition coefficient (Wildman–Crippen LogP) is 1.26. The first-order valence-corrected chi connectivity index (χ1v) is 5.80. The monoisotopic (exact) mass is 230 g/mol. The van der Waals surface area contributed by atoms with Gasteiger partial charge in [-0.05, 0) is 24.0 Å². The summed E-state index contributed by atoms with van der Waals surface area (Å²) in [4.78, 5) is 0. The quantitative estimate of drug-likeness (QED) is 0.750. The van der Waals surface area contributed by atoms with E-state index < -0.39 is 11.3 Å². The minimum Gasteiger partial charge on any atom is -0.760 e. The van der Waals surface area contributed by atoms with Crippen LogP contribution in [0.4, 0.5) is 0 Å². The molecule has 0 aliphatic heterocycles. The van der Waals surface area contributed by atoms with E-state index in [-0.39, 0.29) is 0 Å². The molecule has 1 atom stereocenters. The maximum absolute atomic E-state index is 9.59. The molecule has 0 aliphatic rings. The van der Waals surface area contributed by atoms with Crippen LogP contribution < -0.4 is 5.14 Å².